The van der Waals surface area contributed by atoms with E-state index in [0.29, 0.717) is 36.7 Å². The average molecular weight is 339 g/mol. The summed E-state index contributed by atoms with van der Waals surface area (Å²) < 4.78 is 16.5. The van der Waals surface area contributed by atoms with Gasteiger partial charge < -0.3 is 19.1 Å². The van der Waals surface area contributed by atoms with Crippen LogP contribution in [0.25, 0.3) is 11.3 Å². The van der Waals surface area contributed by atoms with E-state index >= 15 is 0 Å². The lowest BCUT2D eigenvalue weighted by atomic mass is 10.1. The normalized spacial score (nSPS) is 10.4. The number of nitrogens with zero attached hydrogens (tertiary/aromatic N) is 1. The molecule has 3 rings (SSSR count). The summed E-state index contributed by atoms with van der Waals surface area (Å²) >= 11 is 0. The van der Waals surface area contributed by atoms with Crippen LogP contribution in [0.2, 0.25) is 0 Å². The Bertz CT molecular complexity index is 829. The molecule has 0 aliphatic rings. The number of aromatic carboxylic acids is 1. The maximum atomic E-state index is 10.9. The third kappa shape index (κ3) is 4.38. The Morgan fingerprint density at radius 1 is 1.00 bits per heavy atom. The van der Waals surface area contributed by atoms with E-state index in [-0.39, 0.29) is 5.69 Å². The summed E-state index contributed by atoms with van der Waals surface area (Å²) in [6.07, 6.45) is 0.708. The number of para-hydroxylation sites is 2. The Morgan fingerprint density at radius 3 is 2.48 bits per heavy atom. The lowest BCUT2D eigenvalue weighted by Crippen LogP contribution is -2.05. The Hall–Kier alpha value is -3.28. The van der Waals surface area contributed by atoms with Crippen LogP contribution in [0.15, 0.2) is 65.2 Å². The van der Waals surface area contributed by atoms with Gasteiger partial charge in [-0.2, -0.15) is 0 Å². The van der Waals surface area contributed by atoms with E-state index in [4.69, 9.17) is 19.1 Å². The topological polar surface area (TPSA) is 81.8 Å². The lowest BCUT2D eigenvalue weighted by Gasteiger charge is -2.10. The highest BCUT2D eigenvalue weighted by molar-refractivity contribution is 5.86. The first-order valence-corrected chi connectivity index (χ1v) is 7.84. The summed E-state index contributed by atoms with van der Waals surface area (Å²) in [5.41, 5.74) is 0.521. The highest BCUT2D eigenvalue weighted by Gasteiger charge is 2.15. The van der Waals surface area contributed by atoms with E-state index in [0.717, 1.165) is 5.75 Å². The van der Waals surface area contributed by atoms with Crippen LogP contribution in [0.1, 0.15) is 16.9 Å². The predicted molar refractivity (Wildman–Crippen MR) is 90.9 cm³/mol. The Morgan fingerprint density at radius 2 is 1.72 bits per heavy atom. The van der Waals surface area contributed by atoms with Crippen molar-refractivity contribution < 1.29 is 23.9 Å². The van der Waals surface area contributed by atoms with Gasteiger partial charge in [-0.25, -0.2) is 4.79 Å². The quantitative estimate of drug-likeness (QED) is 0.627. The van der Waals surface area contributed by atoms with Crippen LogP contribution in [0, 0.1) is 0 Å². The molecule has 2 aromatic carbocycles. The zero-order valence-corrected chi connectivity index (χ0v) is 13.4. The molecule has 0 aliphatic heterocycles. The minimum absolute atomic E-state index is 0.138. The van der Waals surface area contributed by atoms with Crippen molar-refractivity contribution in [1.82, 2.24) is 5.16 Å². The maximum Gasteiger partial charge on any atom is 0.358 e. The molecule has 1 heterocycles. The third-order valence-corrected chi connectivity index (χ3v) is 3.44. The van der Waals surface area contributed by atoms with Gasteiger partial charge in [0, 0.05) is 12.5 Å². The van der Waals surface area contributed by atoms with Gasteiger partial charge in [0.1, 0.15) is 11.5 Å². The molecule has 3 aromatic rings. The number of rotatable bonds is 8. The van der Waals surface area contributed by atoms with Crippen molar-refractivity contribution in [2.24, 2.45) is 0 Å². The van der Waals surface area contributed by atoms with Crippen LogP contribution in [-0.4, -0.2) is 29.4 Å². The fourth-order valence-corrected chi connectivity index (χ4v) is 2.25. The number of carbonyl (C=O) groups is 1. The van der Waals surface area contributed by atoms with Crippen LogP contribution in [0.4, 0.5) is 0 Å². The molecule has 0 saturated carbocycles. The van der Waals surface area contributed by atoms with Crippen molar-refractivity contribution in [2.75, 3.05) is 13.2 Å². The SMILES string of the molecule is O=C(O)c1cc(-c2ccccc2OCCCOc2ccccc2)on1. The van der Waals surface area contributed by atoms with Crippen molar-refractivity contribution in [3.8, 4) is 22.8 Å². The van der Waals surface area contributed by atoms with Crippen molar-refractivity contribution >= 4 is 5.97 Å². The smallest absolute Gasteiger partial charge is 0.358 e. The second-order valence-corrected chi connectivity index (χ2v) is 5.24. The molecule has 0 unspecified atom stereocenters. The van der Waals surface area contributed by atoms with E-state index in [1.54, 1.807) is 12.1 Å². The second kappa shape index (κ2) is 8.01. The minimum atomic E-state index is -1.13. The highest BCUT2D eigenvalue weighted by atomic mass is 16.5. The molecule has 128 valence electrons. The Labute approximate surface area is 144 Å². The average Bonchev–Trinajstić information content (AvgIpc) is 3.13. The number of benzene rings is 2. The van der Waals surface area contributed by atoms with Crippen LogP contribution in [0.3, 0.4) is 0 Å². The molecule has 6 heteroatoms. The number of hydrogen-bond donors (Lipinski definition) is 1. The summed E-state index contributed by atoms with van der Waals surface area (Å²) in [7, 11) is 0. The molecule has 0 fully saturated rings. The molecule has 6 nitrogen and oxygen atoms in total. The standard InChI is InChI=1S/C19H17NO5/c21-19(22)16-13-18(25-20-16)15-9-4-5-10-17(15)24-12-6-11-23-14-7-2-1-3-8-14/h1-5,7-10,13H,6,11-12H2,(H,21,22). The van der Waals surface area contributed by atoms with E-state index in [1.807, 2.05) is 42.5 Å². The lowest BCUT2D eigenvalue weighted by molar-refractivity contribution is 0.0686. The van der Waals surface area contributed by atoms with Crippen LogP contribution in [0.5, 0.6) is 11.5 Å². The van der Waals surface area contributed by atoms with Gasteiger partial charge in [0.15, 0.2) is 11.5 Å². The first kappa shape index (κ1) is 16.6. The van der Waals surface area contributed by atoms with Gasteiger partial charge in [-0.1, -0.05) is 35.5 Å². The first-order chi connectivity index (χ1) is 12.2. The third-order valence-electron chi connectivity index (χ3n) is 3.44. The van der Waals surface area contributed by atoms with Gasteiger partial charge in [-0.05, 0) is 24.3 Å². The van der Waals surface area contributed by atoms with Crippen molar-refractivity contribution in [3.63, 3.8) is 0 Å². The number of carboxylic acids is 1. The fraction of sp³-hybridized carbons (Fsp3) is 0.158. The molecule has 0 spiro atoms. The number of aromatic nitrogens is 1. The molecular formula is C19H17NO5. The van der Waals surface area contributed by atoms with Crippen LogP contribution >= 0.6 is 0 Å². The Kier molecular flexibility index (Phi) is 5.31. The molecule has 0 aliphatic carbocycles. The summed E-state index contributed by atoms with van der Waals surface area (Å²) in [6, 6.07) is 18.2. The van der Waals surface area contributed by atoms with Gasteiger partial charge in [-0.15, -0.1) is 0 Å². The largest absolute Gasteiger partial charge is 0.493 e. The highest BCUT2D eigenvalue weighted by Crippen LogP contribution is 2.30. The van der Waals surface area contributed by atoms with E-state index < -0.39 is 5.97 Å². The van der Waals surface area contributed by atoms with E-state index in [1.165, 1.54) is 6.07 Å². The van der Waals surface area contributed by atoms with Gasteiger partial charge in [0.2, 0.25) is 0 Å². The zero-order chi connectivity index (χ0) is 17.5. The summed E-state index contributed by atoms with van der Waals surface area (Å²) in [4.78, 5) is 10.9. The number of hydrogen-bond acceptors (Lipinski definition) is 5. The first-order valence-electron chi connectivity index (χ1n) is 7.84. The van der Waals surface area contributed by atoms with Crippen molar-refractivity contribution in [3.05, 3.63) is 66.4 Å². The molecular weight excluding hydrogens is 322 g/mol. The number of ether oxygens (including phenoxy) is 2. The summed E-state index contributed by atoms with van der Waals surface area (Å²) in [5.74, 6) is 0.654. The van der Waals surface area contributed by atoms with Gasteiger partial charge in [0.05, 0.1) is 18.8 Å². The molecule has 25 heavy (non-hydrogen) atoms. The maximum absolute atomic E-state index is 10.9. The van der Waals surface area contributed by atoms with Crippen LogP contribution in [-0.2, 0) is 0 Å². The predicted octanol–water partition coefficient (Wildman–Crippen LogP) is 3.89. The summed E-state index contributed by atoms with van der Waals surface area (Å²) in [5, 5.41) is 12.5. The van der Waals surface area contributed by atoms with Gasteiger partial charge >= 0.3 is 5.97 Å². The molecule has 1 aromatic heterocycles. The zero-order valence-electron chi connectivity index (χ0n) is 13.4. The molecule has 0 amide bonds. The van der Waals surface area contributed by atoms with E-state index in [9.17, 15) is 4.79 Å². The van der Waals surface area contributed by atoms with Crippen molar-refractivity contribution in [2.45, 2.75) is 6.42 Å². The molecule has 0 saturated heterocycles. The minimum Gasteiger partial charge on any atom is -0.493 e. The number of carboxylic acid groups (broad SMARTS) is 1. The second-order valence-electron chi connectivity index (χ2n) is 5.24. The van der Waals surface area contributed by atoms with Crippen molar-refractivity contribution in [1.29, 1.82) is 0 Å². The molecule has 0 atom stereocenters. The molecule has 1 N–H and O–H groups in total. The summed E-state index contributed by atoms with van der Waals surface area (Å²) in [6.45, 7) is 1.00. The molecule has 0 radical (unpaired) electrons. The van der Waals surface area contributed by atoms with E-state index in [2.05, 4.69) is 5.16 Å². The van der Waals surface area contributed by atoms with Gasteiger partial charge in [-0.3, -0.25) is 0 Å². The monoisotopic (exact) mass is 339 g/mol. The Balaban J connectivity index is 1.56. The molecule has 0 bridgehead atoms. The van der Waals surface area contributed by atoms with Gasteiger partial charge in [0.25, 0.3) is 0 Å². The fourth-order valence-electron chi connectivity index (χ4n) is 2.25. The van der Waals surface area contributed by atoms with Crippen LogP contribution < -0.4 is 9.47 Å².